The zero-order valence-corrected chi connectivity index (χ0v) is 10.7. The summed E-state index contributed by atoms with van der Waals surface area (Å²) in [5, 5.41) is 3.30. The summed E-state index contributed by atoms with van der Waals surface area (Å²) in [6.07, 6.45) is 1.86. The molecule has 86 valence electrons. The zero-order chi connectivity index (χ0) is 11.8. The molecule has 0 aromatic carbocycles. The third kappa shape index (κ3) is 1.79. The molecule has 0 radical (unpaired) electrons. The van der Waals surface area contributed by atoms with Crippen LogP contribution >= 0.6 is 11.3 Å². The van der Waals surface area contributed by atoms with E-state index in [-0.39, 0.29) is 5.54 Å². The molecule has 3 nitrogen and oxygen atoms in total. The molecular formula is C12H17N3S. The Hall–Kier alpha value is -1.13. The van der Waals surface area contributed by atoms with Crippen molar-refractivity contribution in [2.45, 2.75) is 19.4 Å². The van der Waals surface area contributed by atoms with E-state index in [2.05, 4.69) is 35.2 Å². The monoisotopic (exact) mass is 235 g/mol. The van der Waals surface area contributed by atoms with Gasteiger partial charge in [0.15, 0.2) is 0 Å². The molecule has 2 aromatic rings. The number of nitrogens with two attached hydrogens (primary N) is 1. The van der Waals surface area contributed by atoms with Crippen LogP contribution in [0.1, 0.15) is 13.8 Å². The van der Waals surface area contributed by atoms with Gasteiger partial charge in [-0.05, 0) is 31.4 Å². The molecule has 2 aromatic heterocycles. The van der Waals surface area contributed by atoms with E-state index in [1.165, 1.54) is 10.1 Å². The molecule has 0 aliphatic carbocycles. The van der Waals surface area contributed by atoms with Gasteiger partial charge in [0.25, 0.3) is 0 Å². The fraction of sp³-hybridized carbons (Fsp3) is 0.417. The van der Waals surface area contributed by atoms with Gasteiger partial charge < -0.3 is 10.6 Å². The minimum Gasteiger partial charge on any atom is -0.353 e. The number of rotatable bonds is 3. The maximum absolute atomic E-state index is 5.80. The summed E-state index contributed by atoms with van der Waals surface area (Å²) >= 11 is 1.74. The van der Waals surface area contributed by atoms with Crippen molar-refractivity contribution in [3.05, 3.63) is 23.7 Å². The van der Waals surface area contributed by atoms with Gasteiger partial charge in [0.2, 0.25) is 0 Å². The number of thiophene rings is 1. The number of pyridine rings is 1. The highest BCUT2D eigenvalue weighted by Crippen LogP contribution is 2.30. The summed E-state index contributed by atoms with van der Waals surface area (Å²) in [4.78, 5) is 6.63. The Labute approximate surface area is 99.9 Å². The lowest BCUT2D eigenvalue weighted by Crippen LogP contribution is -2.47. The first-order valence-electron chi connectivity index (χ1n) is 5.32. The van der Waals surface area contributed by atoms with E-state index in [4.69, 9.17) is 5.73 Å². The van der Waals surface area contributed by atoms with Crippen LogP contribution in [-0.2, 0) is 0 Å². The SMILES string of the molecule is CN(c1nccc2sccc12)C(C)(C)CN. The van der Waals surface area contributed by atoms with Gasteiger partial charge in [0.05, 0.1) is 0 Å². The van der Waals surface area contributed by atoms with Crippen molar-refractivity contribution >= 4 is 27.2 Å². The molecule has 0 spiro atoms. The van der Waals surface area contributed by atoms with Crippen molar-refractivity contribution in [2.75, 3.05) is 18.5 Å². The van der Waals surface area contributed by atoms with Gasteiger partial charge in [0, 0.05) is 35.4 Å². The van der Waals surface area contributed by atoms with E-state index in [1.54, 1.807) is 11.3 Å². The molecule has 2 rings (SSSR count). The first kappa shape index (κ1) is 11.4. The lowest BCUT2D eigenvalue weighted by molar-refractivity contribution is 0.496. The summed E-state index contributed by atoms with van der Waals surface area (Å²) < 4.78 is 1.27. The van der Waals surface area contributed by atoms with Crippen LogP contribution in [0.25, 0.3) is 10.1 Å². The van der Waals surface area contributed by atoms with Gasteiger partial charge >= 0.3 is 0 Å². The predicted octanol–water partition coefficient (Wildman–Crippen LogP) is 2.47. The average molecular weight is 235 g/mol. The Morgan fingerprint density at radius 2 is 2.19 bits per heavy atom. The third-order valence-electron chi connectivity index (χ3n) is 3.08. The molecule has 2 N–H and O–H groups in total. The van der Waals surface area contributed by atoms with Gasteiger partial charge in [-0.2, -0.15) is 0 Å². The summed E-state index contributed by atoms with van der Waals surface area (Å²) in [5.41, 5.74) is 5.72. The second-order valence-electron chi connectivity index (χ2n) is 4.54. The Bertz CT molecular complexity index is 490. The number of hydrogen-bond donors (Lipinski definition) is 1. The van der Waals surface area contributed by atoms with Crippen molar-refractivity contribution in [3.63, 3.8) is 0 Å². The van der Waals surface area contributed by atoms with Gasteiger partial charge in [-0.25, -0.2) is 4.98 Å². The standard InChI is InChI=1S/C12H17N3S/c1-12(2,8-13)15(3)11-9-5-7-16-10(9)4-6-14-11/h4-7H,8,13H2,1-3H3. The van der Waals surface area contributed by atoms with Crippen LogP contribution in [0.2, 0.25) is 0 Å². The maximum atomic E-state index is 5.80. The minimum atomic E-state index is -0.0801. The largest absolute Gasteiger partial charge is 0.353 e. The Morgan fingerprint density at radius 1 is 1.44 bits per heavy atom. The molecule has 0 amide bonds. The van der Waals surface area contributed by atoms with Crippen LogP contribution in [0.5, 0.6) is 0 Å². The second kappa shape index (κ2) is 4.03. The highest BCUT2D eigenvalue weighted by molar-refractivity contribution is 7.17. The van der Waals surface area contributed by atoms with E-state index in [1.807, 2.05) is 19.3 Å². The number of nitrogens with zero attached hydrogens (tertiary/aromatic N) is 2. The van der Waals surface area contributed by atoms with E-state index in [0.29, 0.717) is 6.54 Å². The summed E-state index contributed by atoms with van der Waals surface area (Å²) in [6.45, 7) is 4.85. The summed E-state index contributed by atoms with van der Waals surface area (Å²) in [5.74, 6) is 1.01. The number of aromatic nitrogens is 1. The third-order valence-corrected chi connectivity index (χ3v) is 3.97. The smallest absolute Gasteiger partial charge is 0.137 e. The molecule has 4 heteroatoms. The average Bonchev–Trinajstić information content (AvgIpc) is 2.75. The predicted molar refractivity (Wildman–Crippen MR) is 71.2 cm³/mol. The molecule has 0 aliphatic heterocycles. The number of hydrogen-bond acceptors (Lipinski definition) is 4. The molecule has 0 saturated carbocycles. The molecule has 0 atom stereocenters. The number of fused-ring (bicyclic) bond motifs is 1. The molecule has 0 saturated heterocycles. The van der Waals surface area contributed by atoms with E-state index in [0.717, 1.165) is 5.82 Å². The Balaban J connectivity index is 2.51. The second-order valence-corrected chi connectivity index (χ2v) is 5.49. The zero-order valence-electron chi connectivity index (χ0n) is 9.90. The van der Waals surface area contributed by atoms with E-state index < -0.39 is 0 Å². The van der Waals surface area contributed by atoms with Crippen molar-refractivity contribution in [1.82, 2.24) is 4.98 Å². The molecule has 0 aliphatic rings. The van der Waals surface area contributed by atoms with Crippen LogP contribution in [-0.4, -0.2) is 24.1 Å². The normalized spacial score (nSPS) is 12.0. The summed E-state index contributed by atoms with van der Waals surface area (Å²) in [6, 6.07) is 4.16. The highest BCUT2D eigenvalue weighted by atomic mass is 32.1. The molecule has 16 heavy (non-hydrogen) atoms. The number of anilines is 1. The van der Waals surface area contributed by atoms with Crippen LogP contribution in [0, 0.1) is 0 Å². The van der Waals surface area contributed by atoms with E-state index in [9.17, 15) is 0 Å². The van der Waals surface area contributed by atoms with Gasteiger partial charge in [-0.15, -0.1) is 11.3 Å². The summed E-state index contributed by atoms with van der Waals surface area (Å²) in [7, 11) is 2.05. The lowest BCUT2D eigenvalue weighted by atomic mass is 10.0. The van der Waals surface area contributed by atoms with Gasteiger partial charge in [0.1, 0.15) is 5.82 Å². The van der Waals surface area contributed by atoms with Gasteiger partial charge in [-0.1, -0.05) is 0 Å². The fourth-order valence-electron chi connectivity index (χ4n) is 1.57. The van der Waals surface area contributed by atoms with Crippen LogP contribution < -0.4 is 10.6 Å². The van der Waals surface area contributed by atoms with Crippen LogP contribution in [0.4, 0.5) is 5.82 Å². The Morgan fingerprint density at radius 3 is 2.88 bits per heavy atom. The maximum Gasteiger partial charge on any atom is 0.137 e. The quantitative estimate of drug-likeness (QED) is 0.888. The topological polar surface area (TPSA) is 42.2 Å². The molecule has 0 unspecified atom stereocenters. The highest BCUT2D eigenvalue weighted by Gasteiger charge is 2.24. The van der Waals surface area contributed by atoms with Crippen LogP contribution in [0.3, 0.4) is 0 Å². The first-order valence-corrected chi connectivity index (χ1v) is 6.20. The Kier molecular flexibility index (Phi) is 2.86. The first-order chi connectivity index (χ1) is 7.56. The fourth-order valence-corrected chi connectivity index (χ4v) is 2.35. The van der Waals surface area contributed by atoms with Crippen molar-refractivity contribution in [1.29, 1.82) is 0 Å². The number of likely N-dealkylation sites (N-methyl/N-ethyl adjacent to an activating group) is 1. The molecule has 0 bridgehead atoms. The van der Waals surface area contributed by atoms with Gasteiger partial charge in [-0.3, -0.25) is 0 Å². The van der Waals surface area contributed by atoms with Crippen molar-refractivity contribution < 1.29 is 0 Å². The lowest BCUT2D eigenvalue weighted by Gasteiger charge is -2.35. The van der Waals surface area contributed by atoms with Crippen molar-refractivity contribution in [2.24, 2.45) is 5.73 Å². The minimum absolute atomic E-state index is 0.0801. The van der Waals surface area contributed by atoms with Crippen LogP contribution in [0.15, 0.2) is 23.7 Å². The molecule has 2 heterocycles. The van der Waals surface area contributed by atoms with Crippen molar-refractivity contribution in [3.8, 4) is 0 Å². The molecular weight excluding hydrogens is 218 g/mol. The molecule has 0 fully saturated rings. The van der Waals surface area contributed by atoms with E-state index >= 15 is 0 Å².